The fourth-order valence-corrected chi connectivity index (χ4v) is 5.76. The highest BCUT2D eigenvalue weighted by atomic mass is 35.5. The van der Waals surface area contributed by atoms with Gasteiger partial charge in [0.15, 0.2) is 0 Å². The van der Waals surface area contributed by atoms with Crippen molar-refractivity contribution in [3.63, 3.8) is 0 Å². The Hall–Kier alpha value is -2.30. The molecule has 2 aliphatic heterocycles. The summed E-state index contributed by atoms with van der Waals surface area (Å²) in [5.74, 6) is 2.27. The van der Waals surface area contributed by atoms with Crippen molar-refractivity contribution in [1.82, 2.24) is 0 Å². The zero-order valence-corrected chi connectivity index (χ0v) is 18.9. The standard InChI is InChI=1S/C26H29ClNO3/c1-3-26(12-6-7-13-26)25(29)30-17-28(2)15-21-19-8-4-5-9-23(19)31-24-11-10-18(27)14-20(24)22(21)16-28/h4-11,14,21-22H,3,12-13,15-17H2,1-2H3/q+1. The number of nitrogens with zero attached hydrogens (tertiary/aromatic N) is 1. The van der Waals surface area contributed by atoms with Crippen molar-refractivity contribution in [3.8, 4) is 11.5 Å². The Morgan fingerprint density at radius 1 is 1.10 bits per heavy atom. The highest BCUT2D eigenvalue weighted by Gasteiger charge is 2.49. The Labute approximate surface area is 189 Å². The van der Waals surface area contributed by atoms with E-state index in [9.17, 15) is 4.79 Å². The fraction of sp³-hybridized carbons (Fsp3) is 0.423. The first kappa shape index (κ1) is 20.6. The van der Waals surface area contributed by atoms with E-state index < -0.39 is 0 Å². The molecular weight excluding hydrogens is 410 g/mol. The maximum atomic E-state index is 13.0. The van der Waals surface area contributed by atoms with E-state index in [0.717, 1.165) is 54.4 Å². The zero-order valence-electron chi connectivity index (χ0n) is 18.1. The molecule has 3 unspecified atom stereocenters. The Bertz CT molecular complexity index is 1040. The van der Waals surface area contributed by atoms with Crippen LogP contribution in [0.15, 0.2) is 54.6 Å². The SMILES string of the molecule is CCC1(C(=O)OC[N+]2(C)CC3c4ccccc4Oc4ccc(Cl)cc4C3C2)CC=CC1. The fourth-order valence-electron chi connectivity index (χ4n) is 5.58. The molecule has 3 aliphatic rings. The van der Waals surface area contributed by atoms with Crippen molar-refractivity contribution >= 4 is 17.6 Å². The van der Waals surface area contributed by atoms with Gasteiger partial charge in [0, 0.05) is 28.0 Å². The van der Waals surface area contributed by atoms with Gasteiger partial charge >= 0.3 is 5.97 Å². The molecule has 162 valence electrons. The van der Waals surface area contributed by atoms with Crippen LogP contribution < -0.4 is 4.74 Å². The number of likely N-dealkylation sites (tertiary alicyclic amines) is 1. The van der Waals surface area contributed by atoms with Crippen LogP contribution in [-0.2, 0) is 9.53 Å². The van der Waals surface area contributed by atoms with Gasteiger partial charge in [0.25, 0.3) is 0 Å². The smallest absolute Gasteiger partial charge is 0.316 e. The second kappa shape index (κ2) is 7.68. The molecule has 5 rings (SSSR count). The van der Waals surface area contributed by atoms with Crippen LogP contribution in [-0.4, -0.2) is 37.3 Å². The summed E-state index contributed by atoms with van der Waals surface area (Å²) in [6.45, 7) is 4.24. The lowest BCUT2D eigenvalue weighted by atomic mass is 9.83. The number of fused-ring (bicyclic) bond motifs is 5. The van der Waals surface area contributed by atoms with E-state index in [1.54, 1.807) is 0 Å². The minimum Gasteiger partial charge on any atom is -0.457 e. The molecule has 3 atom stereocenters. The maximum absolute atomic E-state index is 13.0. The van der Waals surface area contributed by atoms with Gasteiger partial charge in [-0.2, -0.15) is 0 Å². The molecule has 0 N–H and O–H groups in total. The monoisotopic (exact) mass is 438 g/mol. The molecule has 4 nitrogen and oxygen atoms in total. The molecule has 0 aromatic heterocycles. The van der Waals surface area contributed by atoms with Crippen LogP contribution in [0.25, 0.3) is 0 Å². The van der Waals surface area contributed by atoms with E-state index in [4.69, 9.17) is 21.1 Å². The predicted octanol–water partition coefficient (Wildman–Crippen LogP) is 6.02. The minimum atomic E-state index is -0.371. The Morgan fingerprint density at radius 3 is 2.52 bits per heavy atom. The molecule has 2 aromatic carbocycles. The van der Waals surface area contributed by atoms with Crippen LogP contribution in [0.3, 0.4) is 0 Å². The van der Waals surface area contributed by atoms with Gasteiger partial charge in [0.05, 0.1) is 25.6 Å². The molecule has 1 aliphatic carbocycles. The number of hydrogen-bond donors (Lipinski definition) is 0. The molecule has 1 saturated heterocycles. The molecule has 0 spiro atoms. The number of allylic oxidation sites excluding steroid dienone is 2. The summed E-state index contributed by atoms with van der Waals surface area (Å²) in [5, 5.41) is 0.721. The van der Waals surface area contributed by atoms with Crippen molar-refractivity contribution in [2.45, 2.75) is 38.0 Å². The highest BCUT2D eigenvalue weighted by molar-refractivity contribution is 6.30. The Morgan fingerprint density at radius 2 is 1.77 bits per heavy atom. The second-order valence-corrected chi connectivity index (χ2v) is 10.0. The third-order valence-electron chi connectivity index (χ3n) is 7.47. The van der Waals surface area contributed by atoms with E-state index in [1.807, 2.05) is 30.3 Å². The maximum Gasteiger partial charge on any atom is 0.316 e. The lowest BCUT2D eigenvalue weighted by molar-refractivity contribution is -0.915. The van der Waals surface area contributed by atoms with Crippen LogP contribution in [0, 0.1) is 5.41 Å². The lowest BCUT2D eigenvalue weighted by Gasteiger charge is -2.32. The zero-order chi connectivity index (χ0) is 21.6. The number of carbonyl (C=O) groups is 1. The van der Waals surface area contributed by atoms with Gasteiger partial charge in [-0.1, -0.05) is 48.9 Å². The minimum absolute atomic E-state index is 0.0568. The molecule has 2 aromatic rings. The van der Waals surface area contributed by atoms with Gasteiger partial charge in [-0.25, -0.2) is 0 Å². The van der Waals surface area contributed by atoms with Crippen molar-refractivity contribution in [2.24, 2.45) is 5.41 Å². The molecule has 0 amide bonds. The Kier molecular flexibility index (Phi) is 5.10. The van der Waals surface area contributed by atoms with Gasteiger partial charge in [0.1, 0.15) is 11.5 Å². The molecule has 0 bridgehead atoms. The average Bonchev–Trinajstić information content (AvgIpc) is 3.37. The van der Waals surface area contributed by atoms with Crippen LogP contribution in [0.4, 0.5) is 0 Å². The number of rotatable bonds is 4. The molecular formula is C26H29ClNO3+. The third-order valence-corrected chi connectivity index (χ3v) is 7.71. The van der Waals surface area contributed by atoms with Crippen molar-refractivity contribution < 1.29 is 18.8 Å². The van der Waals surface area contributed by atoms with E-state index in [0.29, 0.717) is 11.2 Å². The van der Waals surface area contributed by atoms with Crippen molar-refractivity contribution in [3.05, 3.63) is 70.8 Å². The molecule has 31 heavy (non-hydrogen) atoms. The summed E-state index contributed by atoms with van der Waals surface area (Å²) < 4.78 is 13.0. The quantitative estimate of drug-likeness (QED) is 0.332. The van der Waals surface area contributed by atoms with Gasteiger partial charge in [0.2, 0.25) is 6.73 Å². The second-order valence-electron chi connectivity index (χ2n) is 9.59. The summed E-state index contributed by atoms with van der Waals surface area (Å²) in [6.07, 6.45) is 6.59. The highest BCUT2D eigenvalue weighted by Crippen LogP contribution is 2.51. The van der Waals surface area contributed by atoms with Crippen molar-refractivity contribution in [1.29, 1.82) is 0 Å². The first-order valence-electron chi connectivity index (χ1n) is 11.2. The topological polar surface area (TPSA) is 35.5 Å². The van der Waals surface area contributed by atoms with Gasteiger partial charge in [-0.05, 0) is 43.5 Å². The summed E-state index contributed by atoms with van der Waals surface area (Å²) >= 11 is 6.37. The van der Waals surface area contributed by atoms with Crippen LogP contribution in [0.2, 0.25) is 5.02 Å². The number of ether oxygens (including phenoxy) is 2. The van der Waals surface area contributed by atoms with E-state index >= 15 is 0 Å². The third kappa shape index (κ3) is 3.56. The normalized spacial score (nSPS) is 27.6. The molecule has 1 fully saturated rings. The first-order chi connectivity index (χ1) is 14.9. The summed E-state index contributed by atoms with van der Waals surface area (Å²) in [5.41, 5.74) is 1.99. The van der Waals surface area contributed by atoms with Crippen molar-refractivity contribution in [2.75, 3.05) is 26.9 Å². The van der Waals surface area contributed by atoms with Gasteiger partial charge in [-0.15, -0.1) is 0 Å². The Balaban J connectivity index is 1.43. The number of para-hydroxylation sites is 1. The van der Waals surface area contributed by atoms with Gasteiger partial charge in [-0.3, -0.25) is 9.28 Å². The molecule has 0 radical (unpaired) electrons. The number of quaternary nitrogens is 1. The first-order valence-corrected chi connectivity index (χ1v) is 11.5. The van der Waals surface area contributed by atoms with Crippen LogP contribution in [0.5, 0.6) is 11.5 Å². The summed E-state index contributed by atoms with van der Waals surface area (Å²) in [7, 11) is 2.20. The van der Waals surface area contributed by atoms with E-state index in [-0.39, 0.29) is 23.2 Å². The summed E-state index contributed by atoms with van der Waals surface area (Å²) in [6, 6.07) is 14.2. The predicted molar refractivity (Wildman–Crippen MR) is 121 cm³/mol. The van der Waals surface area contributed by atoms with Crippen LogP contribution in [0.1, 0.15) is 49.1 Å². The summed E-state index contributed by atoms with van der Waals surface area (Å²) in [4.78, 5) is 13.0. The van der Waals surface area contributed by atoms with E-state index in [1.165, 1.54) is 5.56 Å². The number of likely N-dealkylation sites (N-methyl/N-ethyl adjacent to an activating group) is 1. The largest absolute Gasteiger partial charge is 0.457 e. The lowest BCUT2D eigenvalue weighted by Crippen LogP contribution is -2.46. The van der Waals surface area contributed by atoms with Gasteiger partial charge < -0.3 is 9.47 Å². The number of hydrogen-bond acceptors (Lipinski definition) is 3. The van der Waals surface area contributed by atoms with Crippen LogP contribution >= 0.6 is 11.6 Å². The number of carbonyl (C=O) groups excluding carboxylic acids is 1. The number of halogens is 1. The molecule has 2 heterocycles. The van der Waals surface area contributed by atoms with E-state index in [2.05, 4.69) is 38.3 Å². The average molecular weight is 439 g/mol. The molecule has 0 saturated carbocycles. The number of benzene rings is 2. The molecule has 5 heteroatoms. The number of esters is 1.